The molecule has 0 unspecified atom stereocenters. The summed E-state index contributed by atoms with van der Waals surface area (Å²) in [5, 5.41) is 5.74. The van der Waals surface area contributed by atoms with Gasteiger partial charge >= 0.3 is 0 Å². The third-order valence-electron chi connectivity index (χ3n) is 4.16. The average molecular weight is 370 g/mol. The number of fused-ring (bicyclic) bond motifs is 1. The van der Waals surface area contributed by atoms with Crippen molar-refractivity contribution < 1.29 is 14.3 Å². The number of anilines is 2. The van der Waals surface area contributed by atoms with Gasteiger partial charge in [0.05, 0.1) is 6.61 Å². The number of thioether (sulfide) groups is 1. The van der Waals surface area contributed by atoms with Crippen LogP contribution < -0.4 is 15.4 Å². The summed E-state index contributed by atoms with van der Waals surface area (Å²) in [6.45, 7) is 0.476. The fraction of sp³-hybridized carbons (Fsp3) is 0.300. The number of aryl methyl sites for hydroxylation is 1. The van der Waals surface area contributed by atoms with Gasteiger partial charge in [0, 0.05) is 29.1 Å². The molecule has 0 fully saturated rings. The number of nitrogens with one attached hydrogen (secondary N) is 2. The number of ether oxygens (including phenoxy) is 1. The van der Waals surface area contributed by atoms with E-state index in [9.17, 15) is 9.59 Å². The molecule has 2 amide bonds. The Bertz CT molecular complexity index is 790. The smallest absolute Gasteiger partial charge is 0.224 e. The molecule has 0 atom stereocenters. The van der Waals surface area contributed by atoms with Gasteiger partial charge in [0.15, 0.2) is 0 Å². The number of amides is 2. The SMILES string of the molecule is CSc1ccc(NC(=O)CCCOc2ccc3c(c2)CCC(=O)N3)cc1. The van der Waals surface area contributed by atoms with Crippen LogP contribution in [0.15, 0.2) is 47.4 Å². The van der Waals surface area contributed by atoms with Crippen LogP contribution in [0.2, 0.25) is 0 Å². The molecule has 1 aliphatic rings. The van der Waals surface area contributed by atoms with E-state index in [0.29, 0.717) is 25.9 Å². The van der Waals surface area contributed by atoms with Crippen molar-refractivity contribution in [3.8, 4) is 5.75 Å². The Kier molecular flexibility index (Phi) is 6.17. The highest BCUT2D eigenvalue weighted by Crippen LogP contribution is 2.26. The molecule has 1 heterocycles. The van der Waals surface area contributed by atoms with E-state index in [1.54, 1.807) is 11.8 Å². The van der Waals surface area contributed by atoms with Crippen LogP contribution in [0.5, 0.6) is 5.75 Å². The summed E-state index contributed by atoms with van der Waals surface area (Å²) in [6.07, 6.45) is 4.31. The van der Waals surface area contributed by atoms with Gasteiger partial charge in [-0.1, -0.05) is 0 Å². The molecule has 6 heteroatoms. The summed E-state index contributed by atoms with van der Waals surface area (Å²) in [5.74, 6) is 0.812. The van der Waals surface area contributed by atoms with Crippen LogP contribution in [0.3, 0.4) is 0 Å². The van der Waals surface area contributed by atoms with Gasteiger partial charge in [0.25, 0.3) is 0 Å². The Labute approximate surface area is 157 Å². The molecule has 0 aliphatic carbocycles. The van der Waals surface area contributed by atoms with Gasteiger partial charge in [-0.15, -0.1) is 11.8 Å². The number of carbonyl (C=O) groups excluding carboxylic acids is 2. The molecule has 0 bridgehead atoms. The molecule has 0 saturated heterocycles. The first-order valence-corrected chi connectivity index (χ1v) is 9.86. The van der Waals surface area contributed by atoms with Gasteiger partial charge in [0.2, 0.25) is 11.8 Å². The Balaban J connectivity index is 1.41. The first kappa shape index (κ1) is 18.3. The topological polar surface area (TPSA) is 67.4 Å². The van der Waals surface area contributed by atoms with E-state index in [4.69, 9.17) is 4.74 Å². The molecule has 5 nitrogen and oxygen atoms in total. The fourth-order valence-electron chi connectivity index (χ4n) is 2.77. The minimum atomic E-state index is -0.0151. The minimum Gasteiger partial charge on any atom is -0.494 e. The van der Waals surface area contributed by atoms with Crippen molar-refractivity contribution >= 4 is 35.0 Å². The Morgan fingerprint density at radius 1 is 1.19 bits per heavy atom. The van der Waals surface area contributed by atoms with Crippen molar-refractivity contribution in [3.05, 3.63) is 48.0 Å². The molecule has 0 aromatic heterocycles. The third kappa shape index (κ3) is 5.02. The van der Waals surface area contributed by atoms with E-state index in [1.807, 2.05) is 48.7 Å². The van der Waals surface area contributed by atoms with Gasteiger partial charge in [-0.05, 0) is 67.1 Å². The molecular formula is C20H22N2O3S. The summed E-state index contributed by atoms with van der Waals surface area (Å²) >= 11 is 1.67. The largest absolute Gasteiger partial charge is 0.494 e. The van der Waals surface area contributed by atoms with Gasteiger partial charge in [-0.2, -0.15) is 0 Å². The van der Waals surface area contributed by atoms with Crippen LogP contribution in [-0.4, -0.2) is 24.7 Å². The Hall–Kier alpha value is -2.47. The molecule has 0 spiro atoms. The summed E-state index contributed by atoms with van der Waals surface area (Å²) < 4.78 is 5.73. The van der Waals surface area contributed by atoms with Crippen molar-refractivity contribution in [1.29, 1.82) is 0 Å². The Morgan fingerprint density at radius 3 is 2.77 bits per heavy atom. The second kappa shape index (κ2) is 8.76. The van der Waals surface area contributed by atoms with Crippen molar-refractivity contribution in [1.82, 2.24) is 0 Å². The average Bonchev–Trinajstić information content (AvgIpc) is 2.66. The van der Waals surface area contributed by atoms with Crippen LogP contribution in [-0.2, 0) is 16.0 Å². The molecule has 0 saturated carbocycles. The van der Waals surface area contributed by atoms with Crippen molar-refractivity contribution in [2.75, 3.05) is 23.5 Å². The second-order valence-corrected chi connectivity index (χ2v) is 6.98. The van der Waals surface area contributed by atoms with Crippen molar-refractivity contribution in [2.24, 2.45) is 0 Å². The lowest BCUT2D eigenvalue weighted by molar-refractivity contribution is -0.117. The molecule has 2 aromatic rings. The lowest BCUT2D eigenvalue weighted by Gasteiger charge is -2.17. The van der Waals surface area contributed by atoms with Crippen LogP contribution >= 0.6 is 11.8 Å². The highest BCUT2D eigenvalue weighted by Gasteiger charge is 2.15. The monoisotopic (exact) mass is 370 g/mol. The fourth-order valence-corrected chi connectivity index (χ4v) is 3.18. The highest BCUT2D eigenvalue weighted by atomic mass is 32.2. The maximum absolute atomic E-state index is 12.0. The molecule has 1 aliphatic heterocycles. The van der Waals surface area contributed by atoms with Crippen molar-refractivity contribution in [2.45, 2.75) is 30.6 Å². The van der Waals surface area contributed by atoms with Crippen molar-refractivity contribution in [3.63, 3.8) is 0 Å². The van der Waals surface area contributed by atoms with Gasteiger partial charge in [-0.25, -0.2) is 0 Å². The van der Waals surface area contributed by atoms with E-state index in [0.717, 1.165) is 29.1 Å². The number of hydrogen-bond acceptors (Lipinski definition) is 4. The molecule has 2 aromatic carbocycles. The Morgan fingerprint density at radius 2 is 2.00 bits per heavy atom. The predicted molar refractivity (Wildman–Crippen MR) is 105 cm³/mol. The summed E-state index contributed by atoms with van der Waals surface area (Å²) in [7, 11) is 0. The van der Waals surface area contributed by atoms with E-state index in [1.165, 1.54) is 4.90 Å². The first-order valence-electron chi connectivity index (χ1n) is 8.63. The van der Waals surface area contributed by atoms with Crippen LogP contribution in [0, 0.1) is 0 Å². The molecule has 2 N–H and O–H groups in total. The van der Waals surface area contributed by atoms with Crippen LogP contribution in [0.4, 0.5) is 11.4 Å². The highest BCUT2D eigenvalue weighted by molar-refractivity contribution is 7.98. The van der Waals surface area contributed by atoms with Crippen LogP contribution in [0.25, 0.3) is 0 Å². The predicted octanol–water partition coefficient (Wildman–Crippen LogP) is 4.09. The molecule has 26 heavy (non-hydrogen) atoms. The number of rotatable bonds is 7. The number of hydrogen-bond donors (Lipinski definition) is 2. The van der Waals surface area contributed by atoms with Gasteiger partial charge in [0.1, 0.15) is 5.75 Å². The number of carbonyl (C=O) groups is 2. The standard InChI is InChI=1S/C20H22N2O3S/c1-26-17-8-5-15(6-9-17)21-19(23)3-2-12-25-16-7-10-18-14(13-16)4-11-20(24)22-18/h5-10,13H,2-4,11-12H2,1H3,(H,21,23)(H,22,24). The number of benzene rings is 2. The lowest BCUT2D eigenvalue weighted by atomic mass is 10.0. The molecule has 136 valence electrons. The summed E-state index contributed by atoms with van der Waals surface area (Å²) in [5.41, 5.74) is 2.76. The molecule has 3 rings (SSSR count). The first-order chi connectivity index (χ1) is 12.6. The van der Waals surface area contributed by atoms with Gasteiger partial charge in [-0.3, -0.25) is 9.59 Å². The minimum absolute atomic E-state index is 0.0151. The molecule has 0 radical (unpaired) electrons. The maximum atomic E-state index is 12.0. The zero-order valence-electron chi connectivity index (χ0n) is 14.7. The normalized spacial score (nSPS) is 12.9. The van der Waals surface area contributed by atoms with E-state index in [2.05, 4.69) is 10.6 Å². The van der Waals surface area contributed by atoms with Gasteiger partial charge < -0.3 is 15.4 Å². The van der Waals surface area contributed by atoms with E-state index >= 15 is 0 Å². The lowest BCUT2D eigenvalue weighted by Crippen LogP contribution is -2.18. The van der Waals surface area contributed by atoms with E-state index in [-0.39, 0.29) is 11.8 Å². The van der Waals surface area contributed by atoms with E-state index < -0.39 is 0 Å². The zero-order chi connectivity index (χ0) is 18.4. The quantitative estimate of drug-likeness (QED) is 0.569. The second-order valence-electron chi connectivity index (χ2n) is 6.10. The van der Waals surface area contributed by atoms with Crippen LogP contribution in [0.1, 0.15) is 24.8 Å². The molecular weight excluding hydrogens is 348 g/mol. The zero-order valence-corrected chi connectivity index (χ0v) is 15.5. The summed E-state index contributed by atoms with van der Waals surface area (Å²) in [6, 6.07) is 13.5. The third-order valence-corrected chi connectivity index (χ3v) is 4.91. The maximum Gasteiger partial charge on any atom is 0.224 e. The summed E-state index contributed by atoms with van der Waals surface area (Å²) in [4.78, 5) is 24.5.